The molecule has 0 aromatic heterocycles. The molecule has 13 heavy (non-hydrogen) atoms. The molecule has 3 heteroatoms. The van der Waals surface area contributed by atoms with Crippen molar-refractivity contribution in [1.82, 2.24) is 0 Å². The van der Waals surface area contributed by atoms with Crippen LogP contribution in [0.25, 0.3) is 0 Å². The standard InChI is InChI=1S/C10H13FN2/c1-2-3-7-13-10-8(11)5-4-6-9(10)12/h2-6,13H,7,12H2,1H3/b3-2+. The second-order valence-corrected chi connectivity index (χ2v) is 2.65. The first kappa shape index (κ1) is 9.58. The second-order valence-electron chi connectivity index (χ2n) is 2.65. The first-order valence-electron chi connectivity index (χ1n) is 4.14. The Bertz CT molecular complexity index is 288. The summed E-state index contributed by atoms with van der Waals surface area (Å²) in [5, 5.41) is 2.90. The topological polar surface area (TPSA) is 38.0 Å². The minimum atomic E-state index is -0.315. The number of hydrogen-bond acceptors (Lipinski definition) is 2. The molecule has 0 amide bonds. The van der Waals surface area contributed by atoms with Gasteiger partial charge in [-0.15, -0.1) is 0 Å². The normalized spacial score (nSPS) is 10.6. The van der Waals surface area contributed by atoms with E-state index in [1.165, 1.54) is 6.07 Å². The van der Waals surface area contributed by atoms with E-state index in [0.29, 0.717) is 17.9 Å². The number of rotatable bonds is 3. The Labute approximate surface area is 77.3 Å². The lowest BCUT2D eigenvalue weighted by molar-refractivity contribution is 0.631. The van der Waals surface area contributed by atoms with E-state index in [1.807, 2.05) is 19.1 Å². The molecule has 0 bridgehead atoms. The zero-order valence-electron chi connectivity index (χ0n) is 7.55. The molecule has 0 radical (unpaired) electrons. The summed E-state index contributed by atoms with van der Waals surface area (Å²) in [7, 11) is 0. The largest absolute Gasteiger partial charge is 0.397 e. The van der Waals surface area contributed by atoms with Crippen molar-refractivity contribution >= 4 is 11.4 Å². The molecule has 0 saturated carbocycles. The van der Waals surface area contributed by atoms with Gasteiger partial charge in [0.05, 0.1) is 11.4 Å². The van der Waals surface area contributed by atoms with Crippen LogP contribution in [0.4, 0.5) is 15.8 Å². The Morgan fingerprint density at radius 2 is 2.31 bits per heavy atom. The Morgan fingerprint density at radius 3 is 2.92 bits per heavy atom. The molecule has 0 fully saturated rings. The number of anilines is 2. The highest BCUT2D eigenvalue weighted by atomic mass is 19.1. The number of nitrogen functional groups attached to an aromatic ring is 1. The van der Waals surface area contributed by atoms with Gasteiger partial charge in [0.2, 0.25) is 0 Å². The van der Waals surface area contributed by atoms with Crippen molar-refractivity contribution in [3.05, 3.63) is 36.2 Å². The van der Waals surface area contributed by atoms with Gasteiger partial charge in [-0.1, -0.05) is 18.2 Å². The predicted octanol–water partition coefficient (Wildman–Crippen LogP) is 2.40. The minimum Gasteiger partial charge on any atom is -0.397 e. The first-order chi connectivity index (χ1) is 6.25. The van der Waals surface area contributed by atoms with Gasteiger partial charge in [0.1, 0.15) is 5.82 Å². The average molecular weight is 180 g/mol. The molecule has 1 aromatic carbocycles. The van der Waals surface area contributed by atoms with E-state index < -0.39 is 0 Å². The van der Waals surface area contributed by atoms with Crippen LogP contribution >= 0.6 is 0 Å². The third-order valence-electron chi connectivity index (χ3n) is 1.68. The molecule has 3 N–H and O–H groups in total. The molecule has 2 nitrogen and oxygen atoms in total. The number of nitrogens with one attached hydrogen (secondary N) is 1. The van der Waals surface area contributed by atoms with Gasteiger partial charge in [-0.2, -0.15) is 0 Å². The summed E-state index contributed by atoms with van der Waals surface area (Å²) in [5.74, 6) is -0.315. The van der Waals surface area contributed by atoms with Gasteiger partial charge in [0, 0.05) is 6.54 Å². The molecule has 0 aliphatic rings. The highest BCUT2D eigenvalue weighted by molar-refractivity contribution is 5.66. The molecule has 0 atom stereocenters. The van der Waals surface area contributed by atoms with Crippen molar-refractivity contribution in [2.45, 2.75) is 6.92 Å². The fourth-order valence-electron chi connectivity index (χ4n) is 1.01. The zero-order chi connectivity index (χ0) is 9.68. The van der Waals surface area contributed by atoms with E-state index >= 15 is 0 Å². The maximum Gasteiger partial charge on any atom is 0.148 e. The van der Waals surface area contributed by atoms with Crippen LogP contribution in [0.5, 0.6) is 0 Å². The van der Waals surface area contributed by atoms with Gasteiger partial charge < -0.3 is 11.1 Å². The van der Waals surface area contributed by atoms with Gasteiger partial charge in [0.15, 0.2) is 0 Å². The van der Waals surface area contributed by atoms with E-state index in [1.54, 1.807) is 12.1 Å². The van der Waals surface area contributed by atoms with Crippen LogP contribution in [0.1, 0.15) is 6.92 Å². The smallest absolute Gasteiger partial charge is 0.148 e. The maximum absolute atomic E-state index is 13.1. The SMILES string of the molecule is C/C=C/CNc1c(N)cccc1F. The van der Waals surface area contributed by atoms with Crippen LogP contribution in [-0.2, 0) is 0 Å². The van der Waals surface area contributed by atoms with Gasteiger partial charge >= 0.3 is 0 Å². The molecule has 0 aliphatic carbocycles. The summed E-state index contributed by atoms with van der Waals surface area (Å²) >= 11 is 0. The Kier molecular flexibility index (Phi) is 3.31. The predicted molar refractivity (Wildman–Crippen MR) is 54.1 cm³/mol. The number of nitrogens with two attached hydrogens (primary N) is 1. The number of benzene rings is 1. The van der Waals surface area contributed by atoms with Crippen molar-refractivity contribution in [3.63, 3.8) is 0 Å². The maximum atomic E-state index is 13.1. The first-order valence-corrected chi connectivity index (χ1v) is 4.14. The Hall–Kier alpha value is -1.51. The van der Waals surface area contributed by atoms with Crippen LogP contribution in [0.15, 0.2) is 30.4 Å². The summed E-state index contributed by atoms with van der Waals surface area (Å²) in [6.45, 7) is 2.49. The van der Waals surface area contributed by atoms with Crippen LogP contribution in [0.3, 0.4) is 0 Å². The third-order valence-corrected chi connectivity index (χ3v) is 1.68. The molecule has 0 saturated heterocycles. The lowest BCUT2D eigenvalue weighted by Crippen LogP contribution is -2.03. The van der Waals surface area contributed by atoms with E-state index in [2.05, 4.69) is 5.32 Å². The number of hydrogen-bond donors (Lipinski definition) is 2. The van der Waals surface area contributed by atoms with Crippen molar-refractivity contribution in [3.8, 4) is 0 Å². The number of allylic oxidation sites excluding steroid dienone is 1. The van der Waals surface area contributed by atoms with Gasteiger partial charge in [-0.3, -0.25) is 0 Å². The molecule has 70 valence electrons. The van der Waals surface area contributed by atoms with Gasteiger partial charge in [0.25, 0.3) is 0 Å². The van der Waals surface area contributed by atoms with E-state index in [0.717, 1.165) is 0 Å². The average Bonchev–Trinajstić information content (AvgIpc) is 2.10. The molecule has 1 aromatic rings. The van der Waals surface area contributed by atoms with E-state index in [-0.39, 0.29) is 5.82 Å². The van der Waals surface area contributed by atoms with Crippen molar-refractivity contribution in [1.29, 1.82) is 0 Å². The van der Waals surface area contributed by atoms with Crippen LogP contribution in [0, 0.1) is 5.82 Å². The van der Waals surface area contributed by atoms with Crippen molar-refractivity contribution in [2.75, 3.05) is 17.6 Å². The monoisotopic (exact) mass is 180 g/mol. The van der Waals surface area contributed by atoms with Crippen molar-refractivity contribution < 1.29 is 4.39 Å². The summed E-state index contributed by atoms with van der Waals surface area (Å²) < 4.78 is 13.1. The Morgan fingerprint density at radius 1 is 1.54 bits per heavy atom. The summed E-state index contributed by atoms with van der Waals surface area (Å²) in [4.78, 5) is 0. The highest BCUT2D eigenvalue weighted by Crippen LogP contribution is 2.21. The molecule has 0 unspecified atom stereocenters. The summed E-state index contributed by atoms with van der Waals surface area (Å²) in [5.41, 5.74) is 6.39. The zero-order valence-corrected chi connectivity index (χ0v) is 7.55. The van der Waals surface area contributed by atoms with Crippen molar-refractivity contribution in [2.24, 2.45) is 0 Å². The third kappa shape index (κ3) is 2.47. The highest BCUT2D eigenvalue weighted by Gasteiger charge is 2.02. The van der Waals surface area contributed by atoms with Crippen LogP contribution in [-0.4, -0.2) is 6.54 Å². The van der Waals surface area contributed by atoms with Gasteiger partial charge in [-0.25, -0.2) is 4.39 Å². The van der Waals surface area contributed by atoms with Crippen LogP contribution in [0.2, 0.25) is 0 Å². The fraction of sp³-hybridized carbons (Fsp3) is 0.200. The van der Waals surface area contributed by atoms with Gasteiger partial charge in [-0.05, 0) is 19.1 Å². The number of para-hydroxylation sites is 1. The molecular weight excluding hydrogens is 167 g/mol. The summed E-state index contributed by atoms with van der Waals surface area (Å²) in [6, 6.07) is 4.64. The molecule has 0 spiro atoms. The van der Waals surface area contributed by atoms with E-state index in [9.17, 15) is 4.39 Å². The number of halogens is 1. The Balaban J connectivity index is 2.75. The fourth-order valence-corrected chi connectivity index (χ4v) is 1.01. The molecule has 0 aliphatic heterocycles. The molecular formula is C10H13FN2. The van der Waals surface area contributed by atoms with Crippen LogP contribution < -0.4 is 11.1 Å². The van der Waals surface area contributed by atoms with E-state index in [4.69, 9.17) is 5.73 Å². The lowest BCUT2D eigenvalue weighted by Gasteiger charge is -2.07. The summed E-state index contributed by atoms with van der Waals surface area (Å²) in [6.07, 6.45) is 3.79. The molecule has 1 rings (SSSR count). The minimum absolute atomic E-state index is 0.315. The quantitative estimate of drug-likeness (QED) is 0.553. The lowest BCUT2D eigenvalue weighted by atomic mass is 10.2. The molecule has 0 heterocycles. The second kappa shape index (κ2) is 4.50.